The van der Waals surface area contributed by atoms with E-state index >= 15 is 0 Å². The molecule has 206 valence electrons. The van der Waals surface area contributed by atoms with Gasteiger partial charge in [-0.05, 0) is 54.6 Å². The van der Waals surface area contributed by atoms with Gasteiger partial charge in [-0.15, -0.1) is 11.8 Å². The van der Waals surface area contributed by atoms with Crippen molar-refractivity contribution in [1.29, 1.82) is 0 Å². The molecule has 0 radical (unpaired) electrons. The molecule has 39 heavy (non-hydrogen) atoms. The number of sulfonamides is 1. The molecule has 1 amide bonds. The first kappa shape index (κ1) is 27.9. The van der Waals surface area contributed by atoms with Crippen molar-refractivity contribution in [3.63, 3.8) is 0 Å². The summed E-state index contributed by atoms with van der Waals surface area (Å²) in [5.74, 6) is 0.300. The number of likely N-dealkylation sites (tertiary alicyclic amines) is 1. The van der Waals surface area contributed by atoms with E-state index in [0.717, 1.165) is 49.0 Å². The second kappa shape index (κ2) is 12.7. The summed E-state index contributed by atoms with van der Waals surface area (Å²) in [7, 11) is -3.84. The number of nitrogens with zero attached hydrogens (tertiary/aromatic N) is 2. The lowest BCUT2D eigenvalue weighted by atomic mass is 10.0. The van der Waals surface area contributed by atoms with Crippen molar-refractivity contribution in [2.24, 2.45) is 5.73 Å². The molecule has 2 saturated heterocycles. The molecule has 2 heterocycles. The lowest BCUT2D eigenvalue weighted by Crippen LogP contribution is -2.46. The number of carbonyl (C=O) groups excluding carboxylic acids is 1. The quantitative estimate of drug-likeness (QED) is 0.385. The van der Waals surface area contributed by atoms with Crippen LogP contribution in [-0.4, -0.2) is 66.9 Å². The van der Waals surface area contributed by atoms with Crippen molar-refractivity contribution in [1.82, 2.24) is 14.5 Å². The van der Waals surface area contributed by atoms with Gasteiger partial charge < -0.3 is 11.1 Å². The van der Waals surface area contributed by atoms with Gasteiger partial charge in [-0.1, -0.05) is 72.8 Å². The van der Waals surface area contributed by atoms with Gasteiger partial charge in [-0.2, -0.15) is 4.31 Å². The Morgan fingerprint density at radius 3 is 2.31 bits per heavy atom. The predicted molar refractivity (Wildman–Crippen MR) is 158 cm³/mol. The van der Waals surface area contributed by atoms with E-state index in [0.29, 0.717) is 24.9 Å². The average molecular weight is 565 g/mol. The fraction of sp³-hybridized carbons (Fsp3) is 0.367. The Morgan fingerprint density at radius 2 is 1.62 bits per heavy atom. The van der Waals surface area contributed by atoms with Crippen LogP contribution in [0.4, 0.5) is 0 Å². The highest BCUT2D eigenvalue weighted by Gasteiger charge is 2.41. The SMILES string of the molecule is NC[C@@H]1CCCN1CCC(NC(=O)C1SCCN1S(=O)(=O)c1ccc(-c2ccccc2)cc1)c1ccccc1. The predicted octanol–water partition coefficient (Wildman–Crippen LogP) is 4.09. The van der Waals surface area contributed by atoms with Crippen LogP contribution >= 0.6 is 11.8 Å². The Balaban J connectivity index is 1.30. The smallest absolute Gasteiger partial charge is 0.249 e. The normalized spacial score (nSPS) is 21.2. The first-order valence-corrected chi connectivity index (χ1v) is 16.0. The third-order valence-electron chi connectivity index (χ3n) is 7.64. The average Bonchev–Trinajstić information content (AvgIpc) is 3.66. The summed E-state index contributed by atoms with van der Waals surface area (Å²) in [6.07, 6.45) is 2.98. The number of amides is 1. The number of nitrogens with two attached hydrogens (primary N) is 1. The molecule has 5 rings (SSSR count). The molecule has 2 unspecified atom stereocenters. The van der Waals surface area contributed by atoms with Crippen molar-refractivity contribution in [2.75, 3.05) is 31.9 Å². The van der Waals surface area contributed by atoms with Crippen LogP contribution in [0.2, 0.25) is 0 Å². The minimum atomic E-state index is -3.84. The maximum absolute atomic E-state index is 13.6. The van der Waals surface area contributed by atoms with E-state index in [2.05, 4.69) is 10.2 Å². The molecule has 3 aromatic rings. The lowest BCUT2D eigenvalue weighted by Gasteiger charge is -2.28. The van der Waals surface area contributed by atoms with E-state index in [1.807, 2.05) is 72.8 Å². The molecule has 2 aliphatic heterocycles. The topological polar surface area (TPSA) is 95.7 Å². The monoisotopic (exact) mass is 564 g/mol. The largest absolute Gasteiger partial charge is 0.347 e. The third-order valence-corrected chi connectivity index (χ3v) is 10.9. The molecule has 9 heteroatoms. The molecule has 0 aromatic heterocycles. The third kappa shape index (κ3) is 6.39. The van der Waals surface area contributed by atoms with Gasteiger partial charge in [0.25, 0.3) is 0 Å². The first-order chi connectivity index (χ1) is 19.0. The van der Waals surface area contributed by atoms with Crippen molar-refractivity contribution in [3.05, 3.63) is 90.5 Å². The van der Waals surface area contributed by atoms with Crippen molar-refractivity contribution in [2.45, 2.75) is 41.6 Å². The fourth-order valence-electron chi connectivity index (χ4n) is 5.49. The number of thioether (sulfide) groups is 1. The van der Waals surface area contributed by atoms with E-state index in [-0.39, 0.29) is 16.8 Å². The van der Waals surface area contributed by atoms with Gasteiger partial charge in [0.05, 0.1) is 10.9 Å². The summed E-state index contributed by atoms with van der Waals surface area (Å²) < 4.78 is 28.6. The number of carbonyl (C=O) groups is 1. The van der Waals surface area contributed by atoms with Crippen molar-refractivity contribution in [3.8, 4) is 11.1 Å². The van der Waals surface area contributed by atoms with E-state index < -0.39 is 15.4 Å². The second-order valence-electron chi connectivity index (χ2n) is 10.1. The molecule has 3 aromatic carbocycles. The van der Waals surface area contributed by atoms with E-state index in [1.165, 1.54) is 16.1 Å². The van der Waals surface area contributed by atoms with E-state index in [9.17, 15) is 13.2 Å². The zero-order valence-corrected chi connectivity index (χ0v) is 23.6. The maximum atomic E-state index is 13.6. The van der Waals surface area contributed by atoms with Gasteiger partial charge in [0.15, 0.2) is 0 Å². The fourth-order valence-corrected chi connectivity index (χ4v) is 8.58. The van der Waals surface area contributed by atoms with Crippen LogP contribution in [0.25, 0.3) is 11.1 Å². The summed E-state index contributed by atoms with van der Waals surface area (Å²) >= 11 is 1.37. The molecule has 2 aliphatic rings. The van der Waals surface area contributed by atoms with Gasteiger partial charge in [-0.3, -0.25) is 9.69 Å². The van der Waals surface area contributed by atoms with E-state index in [4.69, 9.17) is 5.73 Å². The summed E-state index contributed by atoms with van der Waals surface area (Å²) in [5.41, 5.74) is 8.95. The summed E-state index contributed by atoms with van der Waals surface area (Å²) in [5, 5.41) is 2.39. The zero-order valence-electron chi connectivity index (χ0n) is 22.0. The molecule has 2 fully saturated rings. The number of hydrogen-bond acceptors (Lipinski definition) is 6. The molecule has 3 N–H and O–H groups in total. The Hall–Kier alpha value is -2.69. The number of hydrogen-bond donors (Lipinski definition) is 2. The van der Waals surface area contributed by atoms with Gasteiger partial charge in [-0.25, -0.2) is 8.42 Å². The highest BCUT2D eigenvalue weighted by Crippen LogP contribution is 2.32. The Kier molecular flexibility index (Phi) is 9.04. The molecule has 0 saturated carbocycles. The standard InChI is InChI=1S/C30H36N4O3S2/c31-22-26-12-7-18-33(26)19-17-28(25-10-5-2-6-11-25)32-29(35)30-34(20-21-38-30)39(36,37)27-15-13-24(14-16-27)23-8-3-1-4-9-23/h1-6,8-11,13-16,26,28,30H,7,12,17-22,31H2,(H,32,35)/t26-,28?,30?/m0/s1. The summed E-state index contributed by atoms with van der Waals surface area (Å²) in [6, 6.07) is 26.8. The van der Waals surface area contributed by atoms with Crippen molar-refractivity contribution < 1.29 is 13.2 Å². The Bertz CT molecular complexity index is 1340. The molecular weight excluding hydrogens is 528 g/mol. The first-order valence-electron chi connectivity index (χ1n) is 13.6. The van der Waals surface area contributed by atoms with Gasteiger partial charge in [0.2, 0.25) is 15.9 Å². The van der Waals surface area contributed by atoms with Crippen molar-refractivity contribution >= 4 is 27.7 Å². The maximum Gasteiger partial charge on any atom is 0.249 e. The Labute approximate surface area is 235 Å². The molecular formula is C30H36N4O3S2. The van der Waals surface area contributed by atoms with Gasteiger partial charge >= 0.3 is 0 Å². The molecule has 3 atom stereocenters. The molecule has 0 spiro atoms. The highest BCUT2D eigenvalue weighted by molar-refractivity contribution is 8.02. The van der Waals surface area contributed by atoms with Crippen LogP contribution in [0, 0.1) is 0 Å². The van der Waals surface area contributed by atoms with Gasteiger partial charge in [0.1, 0.15) is 5.37 Å². The summed E-state index contributed by atoms with van der Waals surface area (Å²) in [6.45, 7) is 2.79. The molecule has 0 bridgehead atoms. The minimum Gasteiger partial charge on any atom is -0.347 e. The minimum absolute atomic E-state index is 0.198. The van der Waals surface area contributed by atoms with E-state index in [1.54, 1.807) is 12.1 Å². The van der Waals surface area contributed by atoms with Crippen LogP contribution in [0.15, 0.2) is 89.8 Å². The lowest BCUT2D eigenvalue weighted by molar-refractivity contribution is -0.123. The van der Waals surface area contributed by atoms with Crippen LogP contribution in [0.5, 0.6) is 0 Å². The Morgan fingerprint density at radius 1 is 0.949 bits per heavy atom. The second-order valence-corrected chi connectivity index (χ2v) is 13.1. The number of benzene rings is 3. The van der Waals surface area contributed by atoms with Gasteiger partial charge in [0, 0.05) is 31.4 Å². The molecule has 7 nitrogen and oxygen atoms in total. The molecule has 0 aliphatic carbocycles. The number of rotatable bonds is 10. The van der Waals surface area contributed by atoms with Crippen LogP contribution in [-0.2, 0) is 14.8 Å². The van der Waals surface area contributed by atoms with Crippen LogP contribution in [0.1, 0.15) is 30.9 Å². The highest BCUT2D eigenvalue weighted by atomic mass is 32.2. The number of nitrogens with one attached hydrogen (secondary N) is 1. The van der Waals surface area contributed by atoms with Crippen LogP contribution in [0.3, 0.4) is 0 Å². The zero-order chi connectivity index (χ0) is 27.2. The summed E-state index contributed by atoms with van der Waals surface area (Å²) in [4.78, 5) is 16.2. The van der Waals surface area contributed by atoms with Crippen LogP contribution < -0.4 is 11.1 Å².